The van der Waals surface area contributed by atoms with Crippen molar-refractivity contribution in [3.05, 3.63) is 65.5 Å². The van der Waals surface area contributed by atoms with Crippen molar-refractivity contribution in [3.8, 4) is 16.9 Å². The minimum Gasteiger partial charge on any atom is -0.497 e. The van der Waals surface area contributed by atoms with Crippen LogP contribution >= 0.6 is 15.9 Å². The van der Waals surface area contributed by atoms with Gasteiger partial charge in [0.1, 0.15) is 17.9 Å². The minimum atomic E-state index is -3.58. The molecular weight excluding hydrogens is 520 g/mol. The van der Waals surface area contributed by atoms with Gasteiger partial charge >= 0.3 is 0 Å². The zero-order valence-corrected chi connectivity index (χ0v) is 20.9. The molecule has 0 saturated carbocycles. The van der Waals surface area contributed by atoms with E-state index in [0.29, 0.717) is 43.3 Å². The van der Waals surface area contributed by atoms with E-state index in [9.17, 15) is 8.42 Å². The zero-order chi connectivity index (χ0) is 23.7. The van der Waals surface area contributed by atoms with Crippen molar-refractivity contribution < 1.29 is 13.2 Å². The number of anilines is 1. The summed E-state index contributed by atoms with van der Waals surface area (Å²) in [6, 6.07) is 14.5. The van der Waals surface area contributed by atoms with Crippen molar-refractivity contribution >= 4 is 37.5 Å². The van der Waals surface area contributed by atoms with Gasteiger partial charge in [0.15, 0.2) is 0 Å². The van der Waals surface area contributed by atoms with Gasteiger partial charge in [-0.1, -0.05) is 28.1 Å². The molecule has 1 saturated heterocycles. The molecule has 11 heteroatoms. The molecule has 0 radical (unpaired) electrons. The smallest absolute Gasteiger partial charge is 0.254 e. The van der Waals surface area contributed by atoms with Gasteiger partial charge in [0.25, 0.3) is 5.78 Å². The third-order valence-electron chi connectivity index (χ3n) is 5.89. The Morgan fingerprint density at radius 2 is 1.71 bits per heavy atom. The Kier molecular flexibility index (Phi) is 6.24. The Bertz CT molecular complexity index is 1410. The second-order valence-corrected chi connectivity index (χ2v) is 10.7. The van der Waals surface area contributed by atoms with E-state index in [0.717, 1.165) is 27.2 Å². The molecule has 2 aromatic carbocycles. The Labute approximate surface area is 206 Å². The Morgan fingerprint density at radius 3 is 2.44 bits per heavy atom. The Morgan fingerprint density at radius 1 is 0.941 bits per heavy atom. The van der Waals surface area contributed by atoms with Crippen LogP contribution in [0.25, 0.3) is 16.9 Å². The van der Waals surface area contributed by atoms with Crippen LogP contribution in [-0.2, 0) is 10.0 Å². The lowest BCUT2D eigenvalue weighted by Gasteiger charge is -2.26. The number of halogens is 1. The molecule has 0 amide bonds. The lowest BCUT2D eigenvalue weighted by molar-refractivity contribution is 0.415. The fraction of sp³-hybridized carbons (Fsp3) is 0.261. The first kappa shape index (κ1) is 22.8. The molecule has 2 aromatic heterocycles. The first-order valence-corrected chi connectivity index (χ1v) is 13.0. The highest BCUT2D eigenvalue weighted by atomic mass is 79.9. The fourth-order valence-electron chi connectivity index (χ4n) is 4.15. The molecule has 3 heterocycles. The van der Waals surface area contributed by atoms with Crippen LogP contribution in [0, 0.1) is 0 Å². The third kappa shape index (κ3) is 4.26. The second-order valence-electron chi connectivity index (χ2n) is 7.89. The van der Waals surface area contributed by atoms with Crippen molar-refractivity contribution in [2.75, 3.05) is 38.2 Å². The van der Waals surface area contributed by atoms with E-state index < -0.39 is 10.0 Å². The number of rotatable bonds is 5. The van der Waals surface area contributed by atoms with E-state index in [-0.39, 0.29) is 0 Å². The summed E-state index contributed by atoms with van der Waals surface area (Å²) in [5.41, 5.74) is 1.86. The van der Waals surface area contributed by atoms with Crippen molar-refractivity contribution in [1.82, 2.24) is 23.9 Å². The third-order valence-corrected chi connectivity index (χ3v) is 8.33. The summed E-state index contributed by atoms with van der Waals surface area (Å²) in [6.07, 6.45) is 3.95. The topological polar surface area (TPSA) is 92.9 Å². The number of fused-ring (bicyclic) bond motifs is 1. The van der Waals surface area contributed by atoms with Gasteiger partial charge in [-0.25, -0.2) is 13.4 Å². The number of hydrogen-bond acceptors (Lipinski definition) is 7. The largest absolute Gasteiger partial charge is 0.497 e. The number of methoxy groups -OCH3 is 1. The minimum absolute atomic E-state index is 0.297. The van der Waals surface area contributed by atoms with Gasteiger partial charge in [-0.2, -0.15) is 18.9 Å². The summed E-state index contributed by atoms with van der Waals surface area (Å²) >= 11 is 3.36. The molecule has 0 spiro atoms. The molecule has 1 aliphatic rings. The molecule has 1 aliphatic heterocycles. The summed E-state index contributed by atoms with van der Waals surface area (Å²) < 4.78 is 35.9. The summed E-state index contributed by atoms with van der Waals surface area (Å²) in [7, 11) is -1.95. The van der Waals surface area contributed by atoms with E-state index in [2.05, 4.69) is 35.9 Å². The molecule has 0 aliphatic carbocycles. The lowest BCUT2D eigenvalue weighted by Crippen LogP contribution is -2.35. The monoisotopic (exact) mass is 542 g/mol. The van der Waals surface area contributed by atoms with Crippen LogP contribution in [0.4, 0.5) is 5.82 Å². The lowest BCUT2D eigenvalue weighted by atomic mass is 10.1. The van der Waals surface area contributed by atoms with Gasteiger partial charge in [0.2, 0.25) is 10.0 Å². The highest BCUT2D eigenvalue weighted by molar-refractivity contribution is 9.10. The standard InChI is InChI=1S/C23H23BrN6O3S/c1-33-19-7-3-17(4-8-19)21-15-25-23-26-16-27-30(23)22(21)28-11-2-12-29(14-13-28)34(31,32)20-9-5-18(24)6-10-20/h3-10,15-16H,2,11-14H2,1H3. The van der Waals surface area contributed by atoms with Crippen LogP contribution in [0.1, 0.15) is 6.42 Å². The van der Waals surface area contributed by atoms with Crippen LogP contribution in [0.3, 0.4) is 0 Å². The molecule has 176 valence electrons. The number of aromatic nitrogens is 4. The van der Waals surface area contributed by atoms with Crippen molar-refractivity contribution in [2.45, 2.75) is 11.3 Å². The summed E-state index contributed by atoms with van der Waals surface area (Å²) in [6.45, 7) is 1.99. The van der Waals surface area contributed by atoms with Crippen LogP contribution < -0.4 is 9.64 Å². The average molecular weight is 543 g/mol. The number of benzene rings is 2. The van der Waals surface area contributed by atoms with Crippen molar-refractivity contribution in [3.63, 3.8) is 0 Å². The number of hydrogen-bond donors (Lipinski definition) is 0. The van der Waals surface area contributed by atoms with E-state index in [1.54, 1.807) is 46.4 Å². The summed E-state index contributed by atoms with van der Waals surface area (Å²) in [5.74, 6) is 2.11. The first-order valence-electron chi connectivity index (χ1n) is 10.8. The molecule has 1 fully saturated rings. The average Bonchev–Trinajstić information content (AvgIpc) is 3.19. The summed E-state index contributed by atoms with van der Waals surface area (Å²) in [5, 5.41) is 4.41. The molecule has 0 N–H and O–H groups in total. The van der Waals surface area contributed by atoms with Crippen molar-refractivity contribution in [1.29, 1.82) is 0 Å². The van der Waals surface area contributed by atoms with Crippen LogP contribution in [0.15, 0.2) is 70.4 Å². The highest BCUT2D eigenvalue weighted by Gasteiger charge is 2.29. The van der Waals surface area contributed by atoms with Gasteiger partial charge < -0.3 is 9.64 Å². The molecule has 9 nitrogen and oxygen atoms in total. The van der Waals surface area contributed by atoms with Crippen LogP contribution in [0.5, 0.6) is 5.75 Å². The predicted octanol–water partition coefficient (Wildman–Crippen LogP) is 3.46. The Hall–Kier alpha value is -3.02. The van der Waals surface area contributed by atoms with Gasteiger partial charge in [0, 0.05) is 42.4 Å². The Balaban J connectivity index is 1.48. The van der Waals surface area contributed by atoms with Crippen LogP contribution in [-0.4, -0.2) is 65.6 Å². The number of ether oxygens (including phenoxy) is 1. The maximum atomic E-state index is 13.3. The fourth-order valence-corrected chi connectivity index (χ4v) is 5.88. The van der Waals surface area contributed by atoms with Gasteiger partial charge in [-0.15, -0.1) is 0 Å². The van der Waals surface area contributed by atoms with Crippen molar-refractivity contribution in [2.24, 2.45) is 0 Å². The molecule has 0 bridgehead atoms. The van der Waals surface area contributed by atoms with Gasteiger partial charge in [-0.05, 0) is 48.4 Å². The van der Waals surface area contributed by atoms with Gasteiger partial charge in [0.05, 0.1) is 12.0 Å². The molecule has 4 aromatic rings. The number of sulfonamides is 1. The quantitative estimate of drug-likeness (QED) is 0.381. The van der Waals surface area contributed by atoms with Gasteiger partial charge in [-0.3, -0.25) is 0 Å². The molecule has 0 atom stereocenters. The molecule has 5 rings (SSSR count). The first-order chi connectivity index (χ1) is 16.5. The maximum absolute atomic E-state index is 13.3. The van der Waals surface area contributed by atoms with E-state index in [4.69, 9.17) is 4.74 Å². The predicted molar refractivity (Wildman–Crippen MR) is 133 cm³/mol. The molecule has 34 heavy (non-hydrogen) atoms. The van der Waals surface area contributed by atoms with E-state index in [1.807, 2.05) is 24.3 Å². The SMILES string of the molecule is COc1ccc(-c2cnc3ncnn3c2N2CCCN(S(=O)(=O)c3ccc(Br)cc3)CC2)cc1. The zero-order valence-electron chi connectivity index (χ0n) is 18.5. The molecule has 0 unspecified atom stereocenters. The summed E-state index contributed by atoms with van der Waals surface area (Å²) in [4.78, 5) is 11.2. The normalized spacial score (nSPS) is 15.4. The number of nitrogens with zero attached hydrogens (tertiary/aromatic N) is 6. The highest BCUT2D eigenvalue weighted by Crippen LogP contribution is 2.32. The second kappa shape index (κ2) is 9.32. The van der Waals surface area contributed by atoms with E-state index >= 15 is 0 Å². The van der Waals surface area contributed by atoms with E-state index in [1.165, 1.54) is 6.33 Å². The maximum Gasteiger partial charge on any atom is 0.254 e. The van der Waals surface area contributed by atoms with Crippen LogP contribution in [0.2, 0.25) is 0 Å². The molecular formula is C23H23BrN6O3S.